The summed E-state index contributed by atoms with van der Waals surface area (Å²) in [5.74, 6) is 1.82. The standard InChI is InChI=1S/C24H34N6O2S/c1-24(2,3)26-21-20(17-10-12-18(32-5)13-11-17)25-22-30(21)27-23(33-22)28(4)16-19(31)29-14-8-6-7-9-15-29/h10-13,26H,6-9,14-16H2,1-5H3. The number of amides is 1. The van der Waals surface area contributed by atoms with E-state index in [0.717, 1.165) is 58.8 Å². The molecule has 3 aromatic rings. The number of hydrogen-bond acceptors (Lipinski definition) is 7. The van der Waals surface area contributed by atoms with Crippen molar-refractivity contribution in [1.82, 2.24) is 19.5 Å². The maximum absolute atomic E-state index is 12.9. The van der Waals surface area contributed by atoms with Crippen LogP contribution in [0.15, 0.2) is 24.3 Å². The Morgan fingerprint density at radius 3 is 2.42 bits per heavy atom. The fourth-order valence-corrected chi connectivity index (χ4v) is 4.86. The molecule has 2 aromatic heterocycles. The summed E-state index contributed by atoms with van der Waals surface area (Å²) in [7, 11) is 3.59. The second-order valence-corrected chi connectivity index (χ2v) is 10.6. The molecule has 4 rings (SSSR count). The lowest BCUT2D eigenvalue weighted by molar-refractivity contribution is -0.129. The highest BCUT2D eigenvalue weighted by atomic mass is 32.1. The second kappa shape index (κ2) is 9.59. The topological polar surface area (TPSA) is 75.0 Å². The van der Waals surface area contributed by atoms with Crippen LogP contribution in [-0.4, -0.2) is 64.7 Å². The quantitative estimate of drug-likeness (QED) is 0.571. The molecule has 9 heteroatoms. The zero-order valence-corrected chi connectivity index (χ0v) is 21.0. The fraction of sp³-hybridized carbons (Fsp3) is 0.542. The predicted molar refractivity (Wildman–Crippen MR) is 135 cm³/mol. The Labute approximate surface area is 199 Å². The maximum atomic E-state index is 12.9. The van der Waals surface area contributed by atoms with Gasteiger partial charge in [-0.25, -0.2) is 4.98 Å². The van der Waals surface area contributed by atoms with Gasteiger partial charge in [0, 0.05) is 31.2 Å². The minimum Gasteiger partial charge on any atom is -0.497 e. The lowest BCUT2D eigenvalue weighted by atomic mass is 10.1. The van der Waals surface area contributed by atoms with Gasteiger partial charge in [0.15, 0.2) is 5.82 Å². The van der Waals surface area contributed by atoms with Crippen LogP contribution in [0.2, 0.25) is 0 Å². The highest BCUT2D eigenvalue weighted by Gasteiger charge is 2.24. The average molecular weight is 471 g/mol. The molecule has 33 heavy (non-hydrogen) atoms. The summed E-state index contributed by atoms with van der Waals surface area (Å²) in [6.45, 7) is 8.39. The molecule has 0 radical (unpaired) electrons. The molecule has 0 bridgehead atoms. The van der Waals surface area contributed by atoms with Gasteiger partial charge in [-0.1, -0.05) is 24.2 Å². The number of carbonyl (C=O) groups is 1. The summed E-state index contributed by atoms with van der Waals surface area (Å²) < 4.78 is 7.16. The van der Waals surface area contributed by atoms with Gasteiger partial charge in [-0.15, -0.1) is 5.10 Å². The molecule has 1 aliphatic rings. The highest BCUT2D eigenvalue weighted by Crippen LogP contribution is 2.35. The van der Waals surface area contributed by atoms with Crippen molar-refractivity contribution in [2.75, 3.05) is 44.0 Å². The number of aromatic nitrogens is 3. The number of anilines is 2. The zero-order chi connectivity index (χ0) is 23.6. The predicted octanol–water partition coefficient (Wildman–Crippen LogP) is 4.52. The molecule has 1 amide bonds. The number of ether oxygens (including phenoxy) is 1. The Morgan fingerprint density at radius 1 is 1.15 bits per heavy atom. The van der Waals surface area contributed by atoms with Gasteiger partial charge in [-0.05, 0) is 57.9 Å². The van der Waals surface area contributed by atoms with E-state index in [1.165, 1.54) is 24.2 Å². The molecular weight excluding hydrogens is 436 g/mol. The Balaban J connectivity index is 1.61. The van der Waals surface area contributed by atoms with Crippen LogP contribution >= 0.6 is 11.3 Å². The molecule has 0 spiro atoms. The van der Waals surface area contributed by atoms with E-state index in [2.05, 4.69) is 26.1 Å². The number of carbonyl (C=O) groups excluding carboxylic acids is 1. The van der Waals surface area contributed by atoms with Crippen molar-refractivity contribution in [2.24, 2.45) is 0 Å². The maximum Gasteiger partial charge on any atom is 0.242 e. The lowest BCUT2D eigenvalue weighted by Crippen LogP contribution is -2.39. The van der Waals surface area contributed by atoms with E-state index in [1.807, 2.05) is 45.6 Å². The van der Waals surface area contributed by atoms with E-state index in [-0.39, 0.29) is 11.4 Å². The summed E-state index contributed by atoms with van der Waals surface area (Å²) in [4.78, 5) is 22.5. The number of nitrogens with zero attached hydrogens (tertiary/aromatic N) is 5. The molecule has 1 fully saturated rings. The Morgan fingerprint density at radius 2 is 1.82 bits per heavy atom. The largest absolute Gasteiger partial charge is 0.497 e. The van der Waals surface area contributed by atoms with E-state index in [4.69, 9.17) is 14.8 Å². The molecule has 1 aliphatic heterocycles. The Kier molecular flexibility index (Phi) is 6.78. The van der Waals surface area contributed by atoms with Crippen LogP contribution in [0.3, 0.4) is 0 Å². The van der Waals surface area contributed by atoms with Crippen LogP contribution in [0.5, 0.6) is 5.75 Å². The van der Waals surface area contributed by atoms with E-state index in [1.54, 1.807) is 7.11 Å². The zero-order valence-electron chi connectivity index (χ0n) is 20.2. The number of rotatable bonds is 6. The van der Waals surface area contributed by atoms with Crippen LogP contribution in [0.4, 0.5) is 10.9 Å². The summed E-state index contributed by atoms with van der Waals surface area (Å²) in [5.41, 5.74) is 1.67. The number of likely N-dealkylation sites (N-methyl/N-ethyl adjacent to an activating group) is 1. The smallest absolute Gasteiger partial charge is 0.242 e. The van der Waals surface area contributed by atoms with Gasteiger partial charge in [0.25, 0.3) is 0 Å². The van der Waals surface area contributed by atoms with E-state index in [9.17, 15) is 4.79 Å². The fourth-order valence-electron chi connectivity index (χ4n) is 4.00. The normalized spacial score (nSPS) is 14.9. The van der Waals surface area contributed by atoms with Crippen molar-refractivity contribution in [2.45, 2.75) is 52.0 Å². The third kappa shape index (κ3) is 5.40. The Bertz CT molecular complexity index is 1090. The molecule has 3 heterocycles. The minimum atomic E-state index is -0.171. The van der Waals surface area contributed by atoms with Gasteiger partial charge in [0.05, 0.1) is 13.7 Å². The van der Waals surface area contributed by atoms with Crippen molar-refractivity contribution in [3.05, 3.63) is 24.3 Å². The van der Waals surface area contributed by atoms with Gasteiger partial charge >= 0.3 is 0 Å². The van der Waals surface area contributed by atoms with Crippen molar-refractivity contribution in [1.29, 1.82) is 0 Å². The van der Waals surface area contributed by atoms with Gasteiger partial charge in [0.2, 0.25) is 16.0 Å². The monoisotopic (exact) mass is 470 g/mol. The van der Waals surface area contributed by atoms with Crippen molar-refractivity contribution < 1.29 is 9.53 Å². The first-order chi connectivity index (χ1) is 15.7. The number of likely N-dealkylation sites (tertiary alicyclic amines) is 1. The van der Waals surface area contributed by atoms with Crippen molar-refractivity contribution >= 4 is 33.2 Å². The van der Waals surface area contributed by atoms with Gasteiger partial charge in [-0.3, -0.25) is 4.79 Å². The molecule has 1 saturated heterocycles. The second-order valence-electron chi connectivity index (χ2n) is 9.64. The van der Waals surface area contributed by atoms with Gasteiger partial charge in [-0.2, -0.15) is 4.52 Å². The number of fused-ring (bicyclic) bond motifs is 1. The summed E-state index contributed by atoms with van der Waals surface area (Å²) in [6, 6.07) is 7.88. The molecule has 1 aromatic carbocycles. The SMILES string of the molecule is COc1ccc(-c2nc3sc(N(C)CC(=O)N4CCCCCC4)nn3c2NC(C)(C)C)cc1. The summed E-state index contributed by atoms with van der Waals surface area (Å²) >= 11 is 1.49. The molecule has 0 aliphatic carbocycles. The van der Waals surface area contributed by atoms with Crippen LogP contribution in [-0.2, 0) is 4.79 Å². The average Bonchev–Trinajstić information content (AvgIpc) is 3.19. The first-order valence-electron chi connectivity index (χ1n) is 11.6. The van der Waals surface area contributed by atoms with E-state index in [0.29, 0.717) is 6.54 Å². The number of hydrogen-bond donors (Lipinski definition) is 1. The van der Waals surface area contributed by atoms with Gasteiger partial charge in [0.1, 0.15) is 11.4 Å². The minimum absolute atomic E-state index is 0.166. The molecule has 178 valence electrons. The lowest BCUT2D eigenvalue weighted by Gasteiger charge is -2.24. The third-order valence-corrected chi connectivity index (χ3v) is 6.73. The third-order valence-electron chi connectivity index (χ3n) is 5.71. The van der Waals surface area contributed by atoms with E-state index < -0.39 is 0 Å². The number of methoxy groups -OCH3 is 1. The Hall–Kier alpha value is -2.81. The summed E-state index contributed by atoms with van der Waals surface area (Å²) in [6.07, 6.45) is 4.61. The molecule has 0 unspecified atom stereocenters. The number of nitrogens with one attached hydrogen (secondary N) is 1. The first-order valence-corrected chi connectivity index (χ1v) is 12.4. The highest BCUT2D eigenvalue weighted by molar-refractivity contribution is 7.20. The molecule has 0 atom stereocenters. The molecule has 1 N–H and O–H groups in total. The number of benzene rings is 1. The van der Waals surface area contributed by atoms with Gasteiger partial charge < -0.3 is 19.9 Å². The first kappa shape index (κ1) is 23.4. The molecular formula is C24H34N6O2S. The van der Waals surface area contributed by atoms with Crippen molar-refractivity contribution in [3.63, 3.8) is 0 Å². The van der Waals surface area contributed by atoms with E-state index >= 15 is 0 Å². The van der Waals surface area contributed by atoms with Crippen LogP contribution < -0.4 is 15.0 Å². The van der Waals surface area contributed by atoms with Crippen LogP contribution in [0.1, 0.15) is 46.5 Å². The summed E-state index contributed by atoms with van der Waals surface area (Å²) in [5, 5.41) is 9.18. The molecule has 0 saturated carbocycles. The van der Waals surface area contributed by atoms with Crippen molar-refractivity contribution in [3.8, 4) is 17.0 Å². The number of imidazole rings is 1. The van der Waals surface area contributed by atoms with Crippen LogP contribution in [0.25, 0.3) is 16.2 Å². The molecule has 8 nitrogen and oxygen atoms in total. The van der Waals surface area contributed by atoms with Crippen LogP contribution in [0, 0.1) is 0 Å².